The van der Waals surface area contributed by atoms with E-state index in [-0.39, 0.29) is 6.04 Å². The van der Waals surface area contributed by atoms with Gasteiger partial charge in [-0.15, -0.1) is 0 Å². The summed E-state index contributed by atoms with van der Waals surface area (Å²) in [6.07, 6.45) is 3.81. The molecule has 1 aromatic rings. The average molecular weight is 173 g/mol. The number of carbonyl (C=O) groups is 1. The minimum atomic E-state index is -0.0322. The van der Waals surface area contributed by atoms with E-state index in [1.165, 1.54) is 0 Å². The van der Waals surface area contributed by atoms with Crippen molar-refractivity contribution in [1.29, 1.82) is 0 Å². The highest BCUT2D eigenvalue weighted by Crippen LogP contribution is 2.18. The van der Waals surface area contributed by atoms with Gasteiger partial charge in [-0.05, 0) is 12.0 Å². The maximum Gasteiger partial charge on any atom is 0.142 e. The van der Waals surface area contributed by atoms with Crippen molar-refractivity contribution < 1.29 is 4.79 Å². The van der Waals surface area contributed by atoms with Crippen molar-refractivity contribution in [2.45, 2.75) is 12.5 Å². The van der Waals surface area contributed by atoms with Gasteiger partial charge in [0.1, 0.15) is 6.29 Å². The second-order valence-corrected chi connectivity index (χ2v) is 3.11. The molecule has 2 heteroatoms. The predicted octanol–water partition coefficient (Wildman–Crippen LogP) is 1.59. The lowest BCUT2D eigenvalue weighted by atomic mass is 10.2. The van der Waals surface area contributed by atoms with Crippen LogP contribution in [0.15, 0.2) is 36.4 Å². The molecule has 0 radical (unpaired) electrons. The molecule has 0 bridgehead atoms. The van der Waals surface area contributed by atoms with Gasteiger partial charge in [0.15, 0.2) is 0 Å². The Hall–Kier alpha value is -1.57. The zero-order valence-electron chi connectivity index (χ0n) is 7.23. The molecule has 66 valence electrons. The van der Waals surface area contributed by atoms with E-state index in [1.807, 2.05) is 30.3 Å². The van der Waals surface area contributed by atoms with E-state index in [0.717, 1.165) is 24.0 Å². The van der Waals surface area contributed by atoms with Gasteiger partial charge < -0.3 is 10.1 Å². The van der Waals surface area contributed by atoms with Gasteiger partial charge in [-0.1, -0.05) is 36.4 Å². The summed E-state index contributed by atoms with van der Waals surface area (Å²) in [6, 6.07) is 10.0. The summed E-state index contributed by atoms with van der Waals surface area (Å²) in [5.41, 5.74) is 2.21. The maximum atomic E-state index is 10.5. The normalized spacial score (nSPS) is 20.6. The van der Waals surface area contributed by atoms with E-state index in [4.69, 9.17) is 0 Å². The topological polar surface area (TPSA) is 29.1 Å². The number of hydrogen-bond acceptors (Lipinski definition) is 2. The molecule has 0 saturated heterocycles. The van der Waals surface area contributed by atoms with E-state index in [2.05, 4.69) is 11.4 Å². The Balaban J connectivity index is 2.17. The minimum Gasteiger partial charge on any atom is -0.375 e. The van der Waals surface area contributed by atoms with E-state index >= 15 is 0 Å². The summed E-state index contributed by atoms with van der Waals surface area (Å²) in [6.45, 7) is 0. The Morgan fingerprint density at radius 1 is 1.31 bits per heavy atom. The summed E-state index contributed by atoms with van der Waals surface area (Å²) >= 11 is 0. The van der Waals surface area contributed by atoms with Crippen LogP contribution in [0.5, 0.6) is 0 Å². The summed E-state index contributed by atoms with van der Waals surface area (Å²) < 4.78 is 0. The fourth-order valence-corrected chi connectivity index (χ4v) is 1.47. The molecule has 0 aliphatic carbocycles. The maximum absolute atomic E-state index is 10.5. The third kappa shape index (κ3) is 1.61. The predicted molar refractivity (Wildman–Crippen MR) is 52.0 cm³/mol. The van der Waals surface area contributed by atoms with Gasteiger partial charge in [0.25, 0.3) is 0 Å². The molecule has 1 N–H and O–H groups in total. The molecule has 0 fully saturated rings. The van der Waals surface area contributed by atoms with Crippen molar-refractivity contribution in [3.05, 3.63) is 42.0 Å². The second-order valence-electron chi connectivity index (χ2n) is 3.11. The van der Waals surface area contributed by atoms with Crippen molar-refractivity contribution in [1.82, 2.24) is 5.32 Å². The molecule has 0 saturated carbocycles. The Morgan fingerprint density at radius 2 is 2.08 bits per heavy atom. The molecule has 1 atom stereocenters. The van der Waals surface area contributed by atoms with Crippen LogP contribution in [0.3, 0.4) is 0 Å². The fraction of sp³-hybridized carbons (Fsp3) is 0.182. The summed E-state index contributed by atoms with van der Waals surface area (Å²) in [5, 5.41) is 3.15. The van der Waals surface area contributed by atoms with Crippen LogP contribution in [0.25, 0.3) is 5.70 Å². The Kier molecular flexibility index (Phi) is 2.13. The molecule has 1 aliphatic heterocycles. The van der Waals surface area contributed by atoms with E-state index < -0.39 is 0 Å². The van der Waals surface area contributed by atoms with Crippen LogP contribution in [0.4, 0.5) is 0 Å². The van der Waals surface area contributed by atoms with E-state index in [1.54, 1.807) is 0 Å². The molecule has 1 heterocycles. The lowest BCUT2D eigenvalue weighted by Crippen LogP contribution is -2.22. The molecule has 0 amide bonds. The summed E-state index contributed by atoms with van der Waals surface area (Å²) in [4.78, 5) is 10.5. The van der Waals surface area contributed by atoms with Gasteiger partial charge >= 0.3 is 0 Å². The third-order valence-corrected chi connectivity index (χ3v) is 2.17. The van der Waals surface area contributed by atoms with Crippen LogP contribution >= 0.6 is 0 Å². The SMILES string of the molecule is O=CC1CC=C(c2ccccc2)N1. The van der Waals surface area contributed by atoms with Gasteiger partial charge in [0.05, 0.1) is 6.04 Å². The number of hydrogen-bond donors (Lipinski definition) is 1. The zero-order valence-corrected chi connectivity index (χ0v) is 7.23. The molecular formula is C11H11NO. The van der Waals surface area contributed by atoms with E-state index in [9.17, 15) is 4.79 Å². The molecule has 0 aromatic heterocycles. The van der Waals surface area contributed by atoms with Crippen molar-refractivity contribution in [3.63, 3.8) is 0 Å². The number of benzene rings is 1. The summed E-state index contributed by atoms with van der Waals surface area (Å²) in [7, 11) is 0. The third-order valence-electron chi connectivity index (χ3n) is 2.17. The highest BCUT2D eigenvalue weighted by molar-refractivity contribution is 5.72. The number of carbonyl (C=O) groups excluding carboxylic acids is 1. The van der Waals surface area contributed by atoms with E-state index in [0.29, 0.717) is 0 Å². The molecular weight excluding hydrogens is 162 g/mol. The first-order chi connectivity index (χ1) is 6.40. The lowest BCUT2D eigenvalue weighted by molar-refractivity contribution is -0.109. The van der Waals surface area contributed by atoms with Crippen LogP contribution in [-0.4, -0.2) is 12.3 Å². The second kappa shape index (κ2) is 3.44. The Labute approximate surface area is 77.3 Å². The summed E-state index contributed by atoms with van der Waals surface area (Å²) in [5.74, 6) is 0. The Bertz CT molecular complexity index is 329. The van der Waals surface area contributed by atoms with Crippen molar-refractivity contribution >= 4 is 12.0 Å². The molecule has 13 heavy (non-hydrogen) atoms. The fourth-order valence-electron chi connectivity index (χ4n) is 1.47. The first-order valence-corrected chi connectivity index (χ1v) is 4.37. The smallest absolute Gasteiger partial charge is 0.142 e. The number of nitrogens with one attached hydrogen (secondary N) is 1. The molecule has 0 spiro atoms. The first kappa shape index (κ1) is 8.05. The van der Waals surface area contributed by atoms with Crippen molar-refractivity contribution in [2.75, 3.05) is 0 Å². The highest BCUT2D eigenvalue weighted by atomic mass is 16.1. The van der Waals surface area contributed by atoms with Gasteiger partial charge in [0, 0.05) is 5.70 Å². The minimum absolute atomic E-state index is 0.0322. The zero-order chi connectivity index (χ0) is 9.10. The van der Waals surface area contributed by atoms with Crippen LogP contribution < -0.4 is 5.32 Å². The van der Waals surface area contributed by atoms with Crippen molar-refractivity contribution in [2.24, 2.45) is 0 Å². The van der Waals surface area contributed by atoms with Crippen LogP contribution in [0.1, 0.15) is 12.0 Å². The number of rotatable bonds is 2. The molecule has 2 nitrogen and oxygen atoms in total. The van der Waals surface area contributed by atoms with Crippen LogP contribution in [0.2, 0.25) is 0 Å². The average Bonchev–Trinajstić information content (AvgIpc) is 2.67. The number of aldehydes is 1. The molecule has 1 aliphatic rings. The van der Waals surface area contributed by atoms with Crippen LogP contribution in [0, 0.1) is 0 Å². The molecule has 1 unspecified atom stereocenters. The standard InChI is InChI=1S/C11H11NO/c13-8-10-6-7-11(12-10)9-4-2-1-3-5-9/h1-5,7-8,10,12H,6H2. The van der Waals surface area contributed by atoms with Gasteiger partial charge in [-0.25, -0.2) is 0 Å². The van der Waals surface area contributed by atoms with Gasteiger partial charge in [0.2, 0.25) is 0 Å². The first-order valence-electron chi connectivity index (χ1n) is 4.37. The largest absolute Gasteiger partial charge is 0.375 e. The lowest BCUT2D eigenvalue weighted by Gasteiger charge is -2.06. The molecule has 1 aromatic carbocycles. The van der Waals surface area contributed by atoms with Gasteiger partial charge in [-0.3, -0.25) is 0 Å². The quantitative estimate of drug-likeness (QED) is 0.688. The van der Waals surface area contributed by atoms with Gasteiger partial charge in [-0.2, -0.15) is 0 Å². The van der Waals surface area contributed by atoms with Crippen molar-refractivity contribution in [3.8, 4) is 0 Å². The molecule has 2 rings (SSSR count). The Morgan fingerprint density at radius 3 is 2.69 bits per heavy atom. The highest BCUT2D eigenvalue weighted by Gasteiger charge is 2.14. The monoisotopic (exact) mass is 173 g/mol. The van der Waals surface area contributed by atoms with Crippen LogP contribution in [-0.2, 0) is 4.79 Å².